The first kappa shape index (κ1) is 38.4. The molecule has 70 heavy (non-hydrogen) atoms. The molecule has 0 saturated heterocycles. The Morgan fingerprint density at radius 3 is 1.24 bits per heavy atom. The molecule has 324 valence electrons. The average molecular weight is 904 g/mol. The molecule has 0 bridgehead atoms. The van der Waals surface area contributed by atoms with Crippen LogP contribution in [0.3, 0.4) is 0 Å². The van der Waals surface area contributed by atoms with Crippen LogP contribution in [0.15, 0.2) is 258 Å². The zero-order chi connectivity index (χ0) is 45.7. The minimum absolute atomic E-state index is 0.691. The molecule has 0 fully saturated rings. The summed E-state index contributed by atoms with van der Waals surface area (Å²) in [5.74, 6) is 0. The number of benzene rings is 7. The fourth-order valence-corrected chi connectivity index (χ4v) is 14.5. The highest BCUT2D eigenvalue weighted by atomic mass is 32.1. The molecule has 2 spiro atoms. The van der Waals surface area contributed by atoms with E-state index in [1.807, 2.05) is 11.3 Å². The molecule has 16 rings (SSSR count). The SMILES string of the molecule is C1=CC2(C3=Cc4ccccc4C3=C1)C1=Cc3ccccc3C1=CC=C2N(C1=CC=C2C(=Cc3ccccc32)C12C=CC=C1C2=Cc2ccccc21)c1ccccc1-c1cccc2sc3ccccc3c12. The van der Waals surface area contributed by atoms with Gasteiger partial charge in [0.15, 0.2) is 0 Å². The van der Waals surface area contributed by atoms with Crippen LogP contribution < -0.4 is 4.90 Å². The summed E-state index contributed by atoms with van der Waals surface area (Å²) in [6.45, 7) is 0. The van der Waals surface area contributed by atoms with Crippen LogP contribution in [0, 0.1) is 10.8 Å². The lowest BCUT2D eigenvalue weighted by Gasteiger charge is -2.51. The Morgan fingerprint density at radius 2 is 0.729 bits per heavy atom. The molecule has 2 unspecified atom stereocenters. The van der Waals surface area contributed by atoms with Gasteiger partial charge in [0.1, 0.15) is 0 Å². The van der Waals surface area contributed by atoms with Gasteiger partial charge in [-0.25, -0.2) is 0 Å². The van der Waals surface area contributed by atoms with E-state index in [-0.39, 0.29) is 0 Å². The van der Waals surface area contributed by atoms with Gasteiger partial charge in [0.05, 0.1) is 16.5 Å². The number of hydrogen-bond donors (Lipinski definition) is 0. The van der Waals surface area contributed by atoms with Crippen molar-refractivity contribution in [1.82, 2.24) is 0 Å². The Kier molecular flexibility index (Phi) is 7.69. The average Bonchev–Trinajstić information content (AvgIpc) is 4.25. The minimum Gasteiger partial charge on any atom is -0.314 e. The summed E-state index contributed by atoms with van der Waals surface area (Å²) in [4.78, 5) is 2.73. The monoisotopic (exact) mass is 903 g/mol. The fraction of sp³-hybridized carbons (Fsp3) is 0.0294. The van der Waals surface area contributed by atoms with Crippen LogP contribution in [0.2, 0.25) is 0 Å². The molecular weight excluding hydrogens is 863 g/mol. The predicted octanol–water partition coefficient (Wildman–Crippen LogP) is 17.4. The number of anilines is 1. The molecule has 0 aliphatic heterocycles. The molecule has 2 atom stereocenters. The quantitative estimate of drug-likeness (QED) is 0.170. The molecular formula is C68H41NS. The Morgan fingerprint density at radius 1 is 0.329 bits per heavy atom. The maximum atomic E-state index is 2.73. The van der Waals surface area contributed by atoms with Gasteiger partial charge in [-0.15, -0.1) is 11.3 Å². The van der Waals surface area contributed by atoms with Gasteiger partial charge >= 0.3 is 0 Å². The predicted molar refractivity (Wildman–Crippen MR) is 296 cm³/mol. The topological polar surface area (TPSA) is 3.24 Å². The first-order valence-corrected chi connectivity index (χ1v) is 25.2. The Hall–Kier alpha value is -8.56. The second-order valence-electron chi connectivity index (χ2n) is 19.5. The number of rotatable bonds is 4. The van der Waals surface area contributed by atoms with E-state index in [2.05, 4.69) is 254 Å². The molecule has 0 radical (unpaired) electrons. The molecule has 2 heteroatoms. The van der Waals surface area contributed by atoms with E-state index in [4.69, 9.17) is 0 Å². The van der Waals surface area contributed by atoms with Crippen molar-refractivity contribution in [2.24, 2.45) is 10.8 Å². The number of thiophene rings is 1. The molecule has 8 aliphatic carbocycles. The van der Waals surface area contributed by atoms with Crippen molar-refractivity contribution in [2.75, 3.05) is 4.90 Å². The fourth-order valence-electron chi connectivity index (χ4n) is 13.3. The summed E-state index contributed by atoms with van der Waals surface area (Å²) < 4.78 is 2.60. The second kappa shape index (κ2) is 14.0. The Balaban J connectivity index is 1.04. The second-order valence-corrected chi connectivity index (χ2v) is 20.6. The van der Waals surface area contributed by atoms with E-state index in [0.29, 0.717) is 0 Å². The summed E-state index contributed by atoms with van der Waals surface area (Å²) >= 11 is 1.88. The van der Waals surface area contributed by atoms with Crippen molar-refractivity contribution in [1.29, 1.82) is 0 Å². The lowest BCUT2D eigenvalue weighted by Crippen LogP contribution is -2.44. The van der Waals surface area contributed by atoms with Crippen molar-refractivity contribution in [3.05, 3.63) is 303 Å². The van der Waals surface area contributed by atoms with Gasteiger partial charge in [-0.05, 0) is 149 Å². The molecule has 1 nitrogen and oxygen atoms in total. The molecule has 8 aromatic rings. The zero-order valence-corrected chi connectivity index (χ0v) is 38.8. The van der Waals surface area contributed by atoms with E-state index in [1.165, 1.54) is 132 Å². The molecule has 0 N–H and O–H groups in total. The zero-order valence-electron chi connectivity index (χ0n) is 38.0. The van der Waals surface area contributed by atoms with Gasteiger partial charge in [-0.2, -0.15) is 0 Å². The highest BCUT2D eigenvalue weighted by Crippen LogP contribution is 2.67. The lowest BCUT2D eigenvalue weighted by molar-refractivity contribution is 0.614. The summed E-state index contributed by atoms with van der Waals surface area (Å²) in [7, 11) is 0. The highest BCUT2D eigenvalue weighted by Gasteiger charge is 2.55. The molecule has 7 aromatic carbocycles. The van der Waals surface area contributed by atoms with E-state index >= 15 is 0 Å². The van der Waals surface area contributed by atoms with Gasteiger partial charge in [0, 0.05) is 37.1 Å². The van der Waals surface area contributed by atoms with Crippen LogP contribution in [-0.4, -0.2) is 0 Å². The number of allylic oxidation sites excluding steroid dienone is 14. The van der Waals surface area contributed by atoms with Crippen LogP contribution in [0.25, 0.3) is 77.9 Å². The molecule has 0 amide bonds. The molecule has 1 heterocycles. The molecule has 8 aliphatic rings. The summed E-state index contributed by atoms with van der Waals surface area (Å²) in [6, 6.07) is 60.9. The van der Waals surface area contributed by atoms with Crippen LogP contribution in [0.4, 0.5) is 5.69 Å². The molecule has 0 saturated carbocycles. The van der Waals surface area contributed by atoms with Gasteiger partial charge in [0.25, 0.3) is 0 Å². The number of fused-ring (bicyclic) bond motifs is 19. The lowest BCUT2D eigenvalue weighted by atomic mass is 9.60. The maximum Gasteiger partial charge on any atom is 0.0803 e. The van der Waals surface area contributed by atoms with Crippen LogP contribution in [0.1, 0.15) is 44.5 Å². The Labute approximate surface area is 411 Å². The normalized spacial score (nSPS) is 21.1. The third-order valence-electron chi connectivity index (χ3n) is 16.2. The van der Waals surface area contributed by atoms with Crippen LogP contribution in [-0.2, 0) is 0 Å². The van der Waals surface area contributed by atoms with Crippen LogP contribution >= 0.6 is 11.3 Å². The smallest absolute Gasteiger partial charge is 0.0803 e. The van der Waals surface area contributed by atoms with Gasteiger partial charge in [-0.3, -0.25) is 0 Å². The van der Waals surface area contributed by atoms with E-state index < -0.39 is 10.8 Å². The maximum absolute atomic E-state index is 2.73. The van der Waals surface area contributed by atoms with Crippen LogP contribution in [0.5, 0.6) is 0 Å². The van der Waals surface area contributed by atoms with E-state index in [0.717, 1.165) is 5.69 Å². The Bertz CT molecular complexity index is 3930. The van der Waals surface area contributed by atoms with Crippen molar-refractivity contribution < 1.29 is 0 Å². The standard InChI is InChI=1S/C68H41NS/c1-5-20-46-42(16-1)38-57-50(46)27-14-36-67(57)59-40-44-18-3-7-22-48(44)52(59)32-34-64(67)69(61-29-11-9-24-54(61)55-26-13-31-63-66(55)56-25-10-12-30-62(56)70-63)65-35-33-53-49-23-8-4-19-45(49)41-60(53)68(65)37-15-28-51-47-21-6-2-17-43(47)39-58(51)68/h1-41H. The first-order valence-electron chi connectivity index (χ1n) is 24.4. The van der Waals surface area contributed by atoms with E-state index in [1.54, 1.807) is 0 Å². The number of hydrogen-bond acceptors (Lipinski definition) is 2. The summed E-state index contributed by atoms with van der Waals surface area (Å²) in [6.07, 6.45) is 34.2. The third kappa shape index (κ3) is 4.90. The van der Waals surface area contributed by atoms with Gasteiger partial charge in [0.2, 0.25) is 0 Å². The number of para-hydroxylation sites is 1. The van der Waals surface area contributed by atoms with Gasteiger partial charge in [-0.1, -0.05) is 194 Å². The summed E-state index contributed by atoms with van der Waals surface area (Å²) in [5, 5.41) is 2.60. The molecule has 1 aromatic heterocycles. The first-order chi connectivity index (χ1) is 34.7. The van der Waals surface area contributed by atoms with Gasteiger partial charge < -0.3 is 4.90 Å². The third-order valence-corrected chi connectivity index (χ3v) is 17.4. The number of nitrogens with zero attached hydrogens (tertiary/aromatic N) is 1. The van der Waals surface area contributed by atoms with Crippen molar-refractivity contribution in [3.63, 3.8) is 0 Å². The minimum atomic E-state index is -0.691. The highest BCUT2D eigenvalue weighted by molar-refractivity contribution is 7.25. The van der Waals surface area contributed by atoms with Crippen molar-refractivity contribution in [3.8, 4) is 11.1 Å². The van der Waals surface area contributed by atoms with E-state index in [9.17, 15) is 0 Å². The summed E-state index contributed by atoms with van der Waals surface area (Å²) in [5.41, 5.74) is 25.1. The van der Waals surface area contributed by atoms with Crippen molar-refractivity contribution in [2.45, 2.75) is 0 Å². The van der Waals surface area contributed by atoms with Crippen molar-refractivity contribution >= 4 is 83.8 Å². The largest absolute Gasteiger partial charge is 0.314 e.